The van der Waals surface area contributed by atoms with Crippen LogP contribution in [0.3, 0.4) is 0 Å². The molecule has 1 rings (SSSR count). The Kier molecular flexibility index (Phi) is 5.44. The summed E-state index contributed by atoms with van der Waals surface area (Å²) in [5.74, 6) is 3.56. The van der Waals surface area contributed by atoms with Gasteiger partial charge in [-0.1, -0.05) is 12.1 Å². The molecule has 19 heavy (non-hydrogen) atoms. The summed E-state index contributed by atoms with van der Waals surface area (Å²) in [5, 5.41) is 3.50. The first-order chi connectivity index (χ1) is 8.83. The van der Waals surface area contributed by atoms with Crippen molar-refractivity contribution in [1.29, 1.82) is 0 Å². The Morgan fingerprint density at radius 1 is 1.21 bits per heavy atom. The summed E-state index contributed by atoms with van der Waals surface area (Å²) < 4.78 is 5.75. The summed E-state index contributed by atoms with van der Waals surface area (Å²) in [6, 6.07) is 4.36. The molecular weight excluding hydrogens is 234 g/mol. The van der Waals surface area contributed by atoms with Crippen LogP contribution in [0.1, 0.15) is 43.9 Å². The molecule has 0 saturated carbocycles. The summed E-state index contributed by atoms with van der Waals surface area (Å²) in [5.41, 5.74) is 3.75. The zero-order chi connectivity index (χ0) is 14.5. The molecule has 0 aromatic heterocycles. The van der Waals surface area contributed by atoms with E-state index in [1.165, 1.54) is 16.7 Å². The van der Waals surface area contributed by atoms with Crippen molar-refractivity contribution in [2.75, 3.05) is 6.61 Å². The van der Waals surface area contributed by atoms with Gasteiger partial charge in [0.1, 0.15) is 5.75 Å². The third-order valence-electron chi connectivity index (χ3n) is 2.84. The Bertz CT molecular complexity index is 440. The van der Waals surface area contributed by atoms with Crippen molar-refractivity contribution < 1.29 is 4.74 Å². The molecule has 0 bridgehead atoms. The lowest BCUT2D eigenvalue weighted by Crippen LogP contribution is -2.35. The van der Waals surface area contributed by atoms with Crippen LogP contribution in [-0.4, -0.2) is 12.1 Å². The molecule has 1 aromatic carbocycles. The van der Waals surface area contributed by atoms with Gasteiger partial charge in [-0.25, -0.2) is 0 Å². The maximum Gasteiger partial charge on any atom is 0.125 e. The molecule has 1 aromatic rings. The highest BCUT2D eigenvalue weighted by Gasteiger charge is 2.10. The third kappa shape index (κ3) is 5.36. The Balaban J connectivity index is 2.76. The van der Waals surface area contributed by atoms with Crippen LogP contribution in [0.15, 0.2) is 12.1 Å². The maximum absolute atomic E-state index is 5.75. The molecule has 0 unspecified atom stereocenters. The van der Waals surface area contributed by atoms with E-state index in [0.717, 1.165) is 12.3 Å². The average Bonchev–Trinajstić information content (AvgIpc) is 2.29. The number of aryl methyl sites for hydroxylation is 2. The Morgan fingerprint density at radius 2 is 1.79 bits per heavy atom. The van der Waals surface area contributed by atoms with Crippen LogP contribution in [0.5, 0.6) is 5.75 Å². The molecule has 0 saturated heterocycles. The van der Waals surface area contributed by atoms with Crippen LogP contribution in [0.25, 0.3) is 0 Å². The SMILES string of the molecule is C#CCCOc1c(C)cc(CNC(C)(C)C)cc1C. The third-order valence-corrected chi connectivity index (χ3v) is 2.84. The number of benzene rings is 1. The van der Waals surface area contributed by atoms with Gasteiger partial charge in [0, 0.05) is 18.5 Å². The highest BCUT2D eigenvalue weighted by atomic mass is 16.5. The van der Waals surface area contributed by atoms with Crippen molar-refractivity contribution in [1.82, 2.24) is 5.32 Å². The first-order valence-corrected chi connectivity index (χ1v) is 6.75. The molecule has 0 amide bonds. The summed E-state index contributed by atoms with van der Waals surface area (Å²) in [7, 11) is 0. The van der Waals surface area contributed by atoms with Crippen molar-refractivity contribution in [3.63, 3.8) is 0 Å². The predicted octanol–water partition coefficient (Wildman–Crippen LogP) is 3.59. The minimum atomic E-state index is 0.129. The molecule has 2 nitrogen and oxygen atoms in total. The fourth-order valence-corrected chi connectivity index (χ4v) is 1.95. The predicted molar refractivity (Wildman–Crippen MR) is 81.5 cm³/mol. The van der Waals surface area contributed by atoms with Crippen molar-refractivity contribution in [2.24, 2.45) is 0 Å². The number of rotatable bonds is 5. The summed E-state index contributed by atoms with van der Waals surface area (Å²) >= 11 is 0. The van der Waals surface area contributed by atoms with Gasteiger partial charge in [-0.3, -0.25) is 0 Å². The second-order valence-corrected chi connectivity index (χ2v) is 5.96. The lowest BCUT2D eigenvalue weighted by molar-refractivity contribution is 0.322. The van der Waals surface area contributed by atoms with E-state index < -0.39 is 0 Å². The van der Waals surface area contributed by atoms with Crippen molar-refractivity contribution in [3.8, 4) is 18.1 Å². The minimum absolute atomic E-state index is 0.129. The monoisotopic (exact) mass is 259 g/mol. The Morgan fingerprint density at radius 3 is 2.26 bits per heavy atom. The van der Waals surface area contributed by atoms with Gasteiger partial charge >= 0.3 is 0 Å². The summed E-state index contributed by atoms with van der Waals surface area (Å²) in [4.78, 5) is 0. The van der Waals surface area contributed by atoms with Gasteiger partial charge in [0.25, 0.3) is 0 Å². The maximum atomic E-state index is 5.75. The van der Waals surface area contributed by atoms with Crippen molar-refractivity contribution in [3.05, 3.63) is 28.8 Å². The van der Waals surface area contributed by atoms with Crippen molar-refractivity contribution in [2.45, 2.75) is 53.1 Å². The van der Waals surface area contributed by atoms with Gasteiger partial charge in [-0.15, -0.1) is 12.3 Å². The van der Waals surface area contributed by atoms with Gasteiger partial charge in [0.05, 0.1) is 6.61 Å². The first kappa shape index (κ1) is 15.6. The van der Waals surface area contributed by atoms with Gasteiger partial charge in [0.2, 0.25) is 0 Å². The average molecular weight is 259 g/mol. The van der Waals surface area contributed by atoms with E-state index in [1.54, 1.807) is 0 Å². The summed E-state index contributed by atoms with van der Waals surface area (Å²) in [6.45, 7) is 12.1. The number of terminal acetylenes is 1. The van der Waals surface area contributed by atoms with Gasteiger partial charge in [-0.2, -0.15) is 0 Å². The van der Waals surface area contributed by atoms with Crippen LogP contribution >= 0.6 is 0 Å². The molecule has 0 aliphatic rings. The lowest BCUT2D eigenvalue weighted by atomic mass is 10.0. The molecule has 0 atom stereocenters. The molecule has 0 heterocycles. The van der Waals surface area contributed by atoms with Crippen LogP contribution in [-0.2, 0) is 6.54 Å². The number of nitrogens with one attached hydrogen (secondary N) is 1. The first-order valence-electron chi connectivity index (χ1n) is 6.75. The van der Waals surface area contributed by atoms with Crippen LogP contribution in [0, 0.1) is 26.2 Å². The van der Waals surface area contributed by atoms with Crippen LogP contribution in [0.4, 0.5) is 0 Å². The fourth-order valence-electron chi connectivity index (χ4n) is 1.95. The topological polar surface area (TPSA) is 21.3 Å². The normalized spacial score (nSPS) is 11.2. The zero-order valence-corrected chi connectivity index (χ0v) is 12.8. The fraction of sp³-hybridized carbons (Fsp3) is 0.529. The summed E-state index contributed by atoms with van der Waals surface area (Å²) in [6.07, 6.45) is 5.88. The van der Waals surface area contributed by atoms with E-state index in [1.807, 2.05) is 0 Å². The molecule has 0 fully saturated rings. The van der Waals surface area contributed by atoms with Crippen molar-refractivity contribution >= 4 is 0 Å². The molecule has 0 radical (unpaired) electrons. The Hall–Kier alpha value is -1.46. The number of hydrogen-bond acceptors (Lipinski definition) is 2. The standard InChI is InChI=1S/C17H25NO/c1-7-8-9-19-16-13(2)10-15(11-14(16)3)12-18-17(4,5)6/h1,10-11,18H,8-9,12H2,2-6H3. The molecule has 0 spiro atoms. The highest BCUT2D eigenvalue weighted by molar-refractivity contribution is 5.43. The highest BCUT2D eigenvalue weighted by Crippen LogP contribution is 2.25. The molecule has 1 N–H and O–H groups in total. The Labute approximate surface area is 117 Å². The number of ether oxygens (including phenoxy) is 1. The number of hydrogen-bond donors (Lipinski definition) is 1. The lowest BCUT2D eigenvalue weighted by Gasteiger charge is -2.21. The smallest absolute Gasteiger partial charge is 0.125 e. The second kappa shape index (κ2) is 6.63. The second-order valence-electron chi connectivity index (χ2n) is 5.96. The van der Waals surface area contributed by atoms with Gasteiger partial charge in [0.15, 0.2) is 0 Å². The van der Waals surface area contributed by atoms with Gasteiger partial charge in [-0.05, 0) is 51.3 Å². The quantitative estimate of drug-likeness (QED) is 0.644. The molecular formula is C17H25NO. The molecule has 0 aliphatic carbocycles. The molecule has 104 valence electrons. The van der Waals surface area contributed by atoms with Gasteiger partial charge < -0.3 is 10.1 Å². The van der Waals surface area contributed by atoms with E-state index in [2.05, 4.69) is 58.0 Å². The zero-order valence-electron chi connectivity index (χ0n) is 12.8. The van der Waals surface area contributed by atoms with E-state index in [9.17, 15) is 0 Å². The van der Waals surface area contributed by atoms with E-state index in [0.29, 0.717) is 13.0 Å². The molecule has 0 aliphatic heterocycles. The van der Waals surface area contributed by atoms with Crippen LogP contribution in [0.2, 0.25) is 0 Å². The van der Waals surface area contributed by atoms with E-state index in [-0.39, 0.29) is 5.54 Å². The van der Waals surface area contributed by atoms with E-state index >= 15 is 0 Å². The van der Waals surface area contributed by atoms with E-state index in [4.69, 9.17) is 11.2 Å². The minimum Gasteiger partial charge on any atom is -0.492 e. The molecule has 2 heteroatoms. The van der Waals surface area contributed by atoms with Crippen LogP contribution < -0.4 is 10.1 Å². The largest absolute Gasteiger partial charge is 0.492 e.